The largest absolute Gasteiger partial charge is 0.490 e. The number of hydrogen-bond donors (Lipinski definition) is 2. The molecule has 154 valence electrons. The number of anilines is 1. The van der Waals surface area contributed by atoms with Gasteiger partial charge in [0.25, 0.3) is 5.91 Å². The predicted molar refractivity (Wildman–Crippen MR) is 107 cm³/mol. The van der Waals surface area contributed by atoms with E-state index in [1.54, 1.807) is 6.92 Å². The van der Waals surface area contributed by atoms with Gasteiger partial charge in [0.15, 0.2) is 11.5 Å². The average Bonchev–Trinajstić information content (AvgIpc) is 2.69. The molecule has 0 saturated carbocycles. The molecule has 0 fully saturated rings. The zero-order valence-electron chi connectivity index (χ0n) is 15.7. The number of carbonyl (C=O) groups is 2. The quantitative estimate of drug-likeness (QED) is 0.617. The van der Waals surface area contributed by atoms with Crippen molar-refractivity contribution in [3.8, 4) is 11.5 Å². The van der Waals surface area contributed by atoms with Gasteiger partial charge in [0.2, 0.25) is 5.91 Å². The van der Waals surface area contributed by atoms with Crippen molar-refractivity contribution in [1.29, 1.82) is 0 Å². The van der Waals surface area contributed by atoms with Gasteiger partial charge < -0.3 is 20.1 Å². The van der Waals surface area contributed by atoms with Gasteiger partial charge in [0.05, 0.1) is 17.3 Å². The van der Waals surface area contributed by atoms with Crippen LogP contribution in [0.4, 0.5) is 14.5 Å². The van der Waals surface area contributed by atoms with E-state index in [1.807, 2.05) is 0 Å². The van der Waals surface area contributed by atoms with Crippen molar-refractivity contribution in [2.75, 3.05) is 19.0 Å². The number of halogens is 3. The van der Waals surface area contributed by atoms with Crippen LogP contribution in [0.3, 0.4) is 0 Å². The maximum Gasteiger partial charge on any atom is 0.387 e. The summed E-state index contributed by atoms with van der Waals surface area (Å²) in [5.41, 5.74) is 1.25. The highest BCUT2D eigenvalue weighted by molar-refractivity contribution is 6.34. The van der Waals surface area contributed by atoms with E-state index in [0.717, 1.165) is 0 Å². The Morgan fingerprint density at radius 2 is 1.93 bits per heavy atom. The van der Waals surface area contributed by atoms with Gasteiger partial charge in [0.1, 0.15) is 0 Å². The first kappa shape index (κ1) is 22.2. The number of alkyl halides is 2. The highest BCUT2D eigenvalue weighted by Gasteiger charge is 2.12. The second-order valence-electron chi connectivity index (χ2n) is 5.61. The summed E-state index contributed by atoms with van der Waals surface area (Å²) < 4.78 is 34.6. The van der Waals surface area contributed by atoms with E-state index in [1.165, 1.54) is 55.6 Å². The summed E-state index contributed by atoms with van der Waals surface area (Å²) in [6, 6.07) is 8.81. The van der Waals surface area contributed by atoms with Gasteiger partial charge in [-0.25, -0.2) is 0 Å². The summed E-state index contributed by atoms with van der Waals surface area (Å²) in [4.78, 5) is 23.7. The van der Waals surface area contributed by atoms with Crippen LogP contribution < -0.4 is 20.1 Å². The minimum atomic E-state index is -2.97. The number of nitrogens with one attached hydrogen (secondary N) is 2. The predicted octanol–water partition coefficient (Wildman–Crippen LogP) is 4.35. The van der Waals surface area contributed by atoms with Crippen LogP contribution in [0.1, 0.15) is 22.8 Å². The van der Waals surface area contributed by atoms with Gasteiger partial charge in [-0.1, -0.05) is 17.7 Å². The van der Waals surface area contributed by atoms with Crippen LogP contribution in [0.25, 0.3) is 6.08 Å². The molecule has 0 aliphatic heterocycles. The van der Waals surface area contributed by atoms with Crippen molar-refractivity contribution in [2.24, 2.45) is 0 Å². The van der Waals surface area contributed by atoms with E-state index in [4.69, 9.17) is 16.3 Å². The third-order valence-corrected chi connectivity index (χ3v) is 3.94. The van der Waals surface area contributed by atoms with E-state index >= 15 is 0 Å². The summed E-state index contributed by atoms with van der Waals surface area (Å²) in [6.45, 7) is -1.00. The lowest BCUT2D eigenvalue weighted by atomic mass is 10.1. The number of rotatable bonds is 8. The van der Waals surface area contributed by atoms with Crippen molar-refractivity contribution in [3.63, 3.8) is 0 Å². The van der Waals surface area contributed by atoms with Crippen molar-refractivity contribution < 1.29 is 27.8 Å². The first-order chi connectivity index (χ1) is 13.8. The lowest BCUT2D eigenvalue weighted by Gasteiger charge is -2.11. The van der Waals surface area contributed by atoms with E-state index in [-0.39, 0.29) is 29.0 Å². The van der Waals surface area contributed by atoms with Gasteiger partial charge >= 0.3 is 6.61 Å². The standard InChI is InChI=1S/C20H19ClF2N2O4/c1-3-28-17-10-12(4-8-16(17)29-20(22)23)5-9-18(26)25-15-7-6-13(11-14(15)21)19(27)24-2/h4-11,20H,3H2,1-2H3,(H,24,27)(H,25,26)/b9-5+. The first-order valence-electron chi connectivity index (χ1n) is 8.56. The number of benzene rings is 2. The summed E-state index contributed by atoms with van der Waals surface area (Å²) in [5.74, 6) is -0.714. The molecule has 0 bridgehead atoms. The molecule has 2 N–H and O–H groups in total. The molecule has 2 amide bonds. The van der Waals surface area contributed by atoms with Crippen LogP contribution >= 0.6 is 11.6 Å². The number of hydrogen-bond acceptors (Lipinski definition) is 4. The first-order valence-corrected chi connectivity index (χ1v) is 8.94. The molecule has 0 aliphatic rings. The molecule has 0 unspecified atom stereocenters. The maximum absolute atomic E-state index is 12.4. The molecule has 9 heteroatoms. The monoisotopic (exact) mass is 424 g/mol. The molecular weight excluding hydrogens is 406 g/mol. The minimum Gasteiger partial charge on any atom is -0.490 e. The maximum atomic E-state index is 12.4. The van der Waals surface area contributed by atoms with Crippen LogP contribution in [0.15, 0.2) is 42.5 Å². The highest BCUT2D eigenvalue weighted by atomic mass is 35.5. The van der Waals surface area contributed by atoms with Gasteiger partial charge in [-0.3, -0.25) is 9.59 Å². The normalized spacial score (nSPS) is 10.8. The molecule has 2 aromatic carbocycles. The van der Waals surface area contributed by atoms with Crippen LogP contribution in [-0.4, -0.2) is 32.1 Å². The Bertz CT molecular complexity index is 919. The van der Waals surface area contributed by atoms with Gasteiger partial charge in [-0.05, 0) is 48.9 Å². The molecule has 29 heavy (non-hydrogen) atoms. The van der Waals surface area contributed by atoms with Crippen LogP contribution in [-0.2, 0) is 4.79 Å². The molecule has 0 saturated heterocycles. The molecule has 0 aromatic heterocycles. The fourth-order valence-electron chi connectivity index (χ4n) is 2.34. The molecule has 2 aromatic rings. The molecule has 0 aliphatic carbocycles. The topological polar surface area (TPSA) is 76.7 Å². The fourth-order valence-corrected chi connectivity index (χ4v) is 2.57. The smallest absolute Gasteiger partial charge is 0.387 e. The minimum absolute atomic E-state index is 0.0913. The Morgan fingerprint density at radius 1 is 1.17 bits per heavy atom. The van der Waals surface area contributed by atoms with E-state index in [0.29, 0.717) is 16.8 Å². The molecule has 0 heterocycles. The Kier molecular flexibility index (Phi) is 7.97. The Morgan fingerprint density at radius 3 is 2.55 bits per heavy atom. The zero-order valence-corrected chi connectivity index (χ0v) is 16.4. The van der Waals surface area contributed by atoms with E-state index < -0.39 is 12.5 Å². The third kappa shape index (κ3) is 6.46. The van der Waals surface area contributed by atoms with Gasteiger partial charge in [0, 0.05) is 18.7 Å². The van der Waals surface area contributed by atoms with Crippen molar-refractivity contribution in [1.82, 2.24) is 5.32 Å². The lowest BCUT2D eigenvalue weighted by Crippen LogP contribution is -2.18. The van der Waals surface area contributed by atoms with Crippen molar-refractivity contribution in [3.05, 3.63) is 58.6 Å². The Labute approximate surface area is 171 Å². The second kappa shape index (κ2) is 10.4. The number of amides is 2. The van der Waals surface area contributed by atoms with Crippen molar-refractivity contribution >= 4 is 35.2 Å². The molecule has 6 nitrogen and oxygen atoms in total. The Balaban J connectivity index is 2.10. The van der Waals surface area contributed by atoms with Gasteiger partial charge in [-0.15, -0.1) is 0 Å². The summed E-state index contributed by atoms with van der Waals surface area (Å²) in [7, 11) is 1.50. The SMILES string of the molecule is CCOc1cc(/C=C/C(=O)Nc2ccc(C(=O)NC)cc2Cl)ccc1OC(F)F. The lowest BCUT2D eigenvalue weighted by molar-refractivity contribution is -0.111. The van der Waals surface area contributed by atoms with Crippen LogP contribution in [0, 0.1) is 0 Å². The molecule has 2 rings (SSSR count). The van der Waals surface area contributed by atoms with Crippen LogP contribution in [0.2, 0.25) is 5.02 Å². The van der Waals surface area contributed by atoms with E-state index in [9.17, 15) is 18.4 Å². The van der Waals surface area contributed by atoms with Crippen LogP contribution in [0.5, 0.6) is 11.5 Å². The molecule has 0 radical (unpaired) electrons. The molecule has 0 spiro atoms. The Hall–Kier alpha value is -3.13. The molecule has 0 atom stereocenters. The highest BCUT2D eigenvalue weighted by Crippen LogP contribution is 2.30. The summed E-state index contributed by atoms with van der Waals surface area (Å²) in [5, 5.41) is 5.28. The second-order valence-corrected chi connectivity index (χ2v) is 6.02. The zero-order chi connectivity index (χ0) is 21.4. The fraction of sp³-hybridized carbons (Fsp3) is 0.200. The third-order valence-electron chi connectivity index (χ3n) is 3.63. The van der Waals surface area contributed by atoms with Crippen molar-refractivity contribution in [2.45, 2.75) is 13.5 Å². The summed E-state index contributed by atoms with van der Waals surface area (Å²) in [6.07, 6.45) is 2.73. The van der Waals surface area contributed by atoms with E-state index in [2.05, 4.69) is 15.4 Å². The molecular formula is C20H19ClF2N2O4. The summed E-state index contributed by atoms with van der Waals surface area (Å²) >= 11 is 6.10. The number of ether oxygens (including phenoxy) is 2. The van der Waals surface area contributed by atoms with Gasteiger partial charge in [-0.2, -0.15) is 8.78 Å². The average molecular weight is 425 g/mol. The number of carbonyl (C=O) groups excluding carboxylic acids is 2.